The third-order valence-corrected chi connectivity index (χ3v) is 10.5. The molecule has 1 saturated heterocycles. The van der Waals surface area contributed by atoms with Gasteiger partial charge in [-0.2, -0.15) is 11.8 Å². The molecule has 2 atom stereocenters. The summed E-state index contributed by atoms with van der Waals surface area (Å²) in [6.45, 7) is 0.507. The van der Waals surface area contributed by atoms with E-state index in [1.807, 2.05) is 6.07 Å². The van der Waals surface area contributed by atoms with E-state index in [-0.39, 0.29) is 39.1 Å². The van der Waals surface area contributed by atoms with Gasteiger partial charge in [0.25, 0.3) is 11.8 Å². The van der Waals surface area contributed by atoms with E-state index in [0.29, 0.717) is 17.2 Å². The number of hydrogen-bond donors (Lipinski definition) is 6. The van der Waals surface area contributed by atoms with Gasteiger partial charge in [-0.1, -0.05) is 39.9 Å². The molecule has 14 nitrogen and oxygen atoms in total. The number of halogens is 1. The smallest absolute Gasteiger partial charge is 0.353 e. The normalized spacial score (nSPS) is 18.4. The zero-order valence-electron chi connectivity index (χ0n) is 21.6. The first-order valence-electron chi connectivity index (χ1n) is 12.2. The van der Waals surface area contributed by atoms with Gasteiger partial charge in [0.15, 0.2) is 10.8 Å². The second-order valence-electron chi connectivity index (χ2n) is 8.61. The van der Waals surface area contributed by atoms with Crippen LogP contribution in [0.25, 0.3) is 0 Å². The van der Waals surface area contributed by atoms with Gasteiger partial charge in [-0.05, 0) is 24.3 Å². The first-order chi connectivity index (χ1) is 20.1. The third kappa shape index (κ3) is 7.30. The number of anilines is 1. The number of carbonyl (C=O) groups excluding carboxylic acids is 3. The fourth-order valence-electron chi connectivity index (χ4n) is 3.93. The topological polar surface area (TPSA) is 226 Å². The molecule has 2 aromatic rings. The Labute approximate surface area is 261 Å². The van der Waals surface area contributed by atoms with Crippen molar-refractivity contribution >= 4 is 92.8 Å². The number of nitrogen functional groups attached to an aromatic ring is 1. The molecule has 2 aromatic heterocycles. The molecule has 3 amide bonds. The monoisotopic (exact) mass is 672 g/mol. The molecule has 0 aliphatic carbocycles. The number of aliphatic carboxylic acids is 1. The second-order valence-corrected chi connectivity index (χ2v) is 13.6. The summed E-state index contributed by atoms with van der Waals surface area (Å²) in [6.07, 6.45) is 2.42. The van der Waals surface area contributed by atoms with Crippen molar-refractivity contribution in [2.45, 2.75) is 28.5 Å². The SMILES string of the molecule is NCC(=O)NCCCSCc1cc(SC2=C(C(=O)O)N3C(=O)[C@@H](NC(=O)/C(=N\O)c4nc(N)sc4Cl)[C@H]3SC2)ccn1. The number of nitrogens with one attached hydrogen (secondary N) is 2. The predicted octanol–water partition coefficient (Wildman–Crippen LogP) is 1.14. The first kappa shape index (κ1) is 31.9. The van der Waals surface area contributed by atoms with E-state index in [1.165, 1.54) is 23.5 Å². The molecule has 0 radical (unpaired) electrons. The van der Waals surface area contributed by atoms with Crippen molar-refractivity contribution in [1.82, 2.24) is 25.5 Å². The van der Waals surface area contributed by atoms with Crippen LogP contribution in [0.5, 0.6) is 0 Å². The fourth-order valence-corrected chi connectivity index (χ4v) is 8.25. The Bertz CT molecular complexity index is 1450. The quantitative estimate of drug-likeness (QED) is 0.0578. The van der Waals surface area contributed by atoms with Gasteiger partial charge in [-0.15, -0.1) is 11.8 Å². The zero-order valence-corrected chi connectivity index (χ0v) is 25.6. The van der Waals surface area contributed by atoms with Crippen molar-refractivity contribution in [3.8, 4) is 0 Å². The molecule has 0 aromatic carbocycles. The number of carboxylic acid groups (broad SMARTS) is 1. The summed E-state index contributed by atoms with van der Waals surface area (Å²) in [7, 11) is 0. The van der Waals surface area contributed by atoms with Crippen LogP contribution < -0.4 is 22.1 Å². The fraction of sp³-hybridized carbons (Fsp3) is 0.348. The van der Waals surface area contributed by atoms with Crippen LogP contribution in [0.15, 0.2) is 39.0 Å². The minimum atomic E-state index is -1.27. The molecule has 0 saturated carbocycles. The molecule has 1 fully saturated rings. The second kappa shape index (κ2) is 14.4. The van der Waals surface area contributed by atoms with Gasteiger partial charge in [-0.3, -0.25) is 24.3 Å². The zero-order chi connectivity index (χ0) is 30.4. The molecule has 224 valence electrons. The van der Waals surface area contributed by atoms with Crippen molar-refractivity contribution in [2.24, 2.45) is 10.9 Å². The third-order valence-electron chi connectivity index (χ3n) is 5.82. The van der Waals surface area contributed by atoms with Crippen LogP contribution in [-0.4, -0.2) is 90.6 Å². The number of carboxylic acids is 1. The van der Waals surface area contributed by atoms with Crippen LogP contribution in [0.1, 0.15) is 17.8 Å². The van der Waals surface area contributed by atoms with Gasteiger partial charge in [0.05, 0.1) is 12.2 Å². The van der Waals surface area contributed by atoms with E-state index in [4.69, 9.17) is 23.1 Å². The number of nitrogens with zero attached hydrogens (tertiary/aromatic N) is 4. The Morgan fingerprint density at radius 3 is 2.79 bits per heavy atom. The van der Waals surface area contributed by atoms with E-state index in [9.17, 15) is 29.5 Å². The molecule has 0 unspecified atom stereocenters. The maximum atomic E-state index is 13.1. The van der Waals surface area contributed by atoms with E-state index < -0.39 is 34.9 Å². The number of aromatic nitrogens is 2. The van der Waals surface area contributed by atoms with Crippen LogP contribution >= 0.6 is 58.2 Å². The number of thioether (sulfide) groups is 3. The number of pyridine rings is 1. The number of β-lactam (4-membered cyclic amide) rings is 1. The molecule has 4 rings (SSSR count). The molecule has 42 heavy (non-hydrogen) atoms. The number of oxime groups is 1. The lowest BCUT2D eigenvalue weighted by Crippen LogP contribution is -2.71. The summed E-state index contributed by atoms with van der Waals surface area (Å²) in [4.78, 5) is 59.9. The van der Waals surface area contributed by atoms with Crippen LogP contribution in [0.4, 0.5) is 5.13 Å². The molecule has 2 aliphatic heterocycles. The lowest BCUT2D eigenvalue weighted by atomic mass is 10.0. The van der Waals surface area contributed by atoms with Crippen molar-refractivity contribution in [3.05, 3.63) is 44.7 Å². The number of nitrogens with two attached hydrogens (primary N) is 2. The highest BCUT2D eigenvalue weighted by Gasteiger charge is 2.54. The minimum Gasteiger partial charge on any atom is -0.477 e. The Hall–Kier alpha value is -3.03. The van der Waals surface area contributed by atoms with Gasteiger partial charge < -0.3 is 32.4 Å². The highest BCUT2D eigenvalue weighted by atomic mass is 35.5. The average Bonchev–Trinajstić information content (AvgIpc) is 3.30. The average molecular weight is 673 g/mol. The van der Waals surface area contributed by atoms with Crippen LogP contribution in [0, 0.1) is 0 Å². The number of hydrogen-bond acceptors (Lipinski definition) is 14. The molecule has 19 heteroatoms. The predicted molar refractivity (Wildman–Crippen MR) is 162 cm³/mol. The summed E-state index contributed by atoms with van der Waals surface area (Å²) >= 11 is 11.1. The highest BCUT2D eigenvalue weighted by molar-refractivity contribution is 8.06. The van der Waals surface area contributed by atoms with Gasteiger partial charge in [-0.25, -0.2) is 9.78 Å². The highest BCUT2D eigenvalue weighted by Crippen LogP contribution is 2.45. The van der Waals surface area contributed by atoms with Gasteiger partial charge in [0.1, 0.15) is 27.1 Å². The largest absolute Gasteiger partial charge is 0.477 e. The van der Waals surface area contributed by atoms with Crippen molar-refractivity contribution in [1.29, 1.82) is 0 Å². The molecule has 0 bridgehead atoms. The van der Waals surface area contributed by atoms with Gasteiger partial charge >= 0.3 is 5.97 Å². The van der Waals surface area contributed by atoms with E-state index in [0.717, 1.165) is 39.0 Å². The maximum Gasteiger partial charge on any atom is 0.353 e. The molecule has 2 aliphatic rings. The van der Waals surface area contributed by atoms with E-state index in [2.05, 4.69) is 25.8 Å². The van der Waals surface area contributed by atoms with E-state index >= 15 is 0 Å². The molecular formula is C23H25ClN8O6S4. The number of amides is 3. The lowest BCUT2D eigenvalue weighted by Gasteiger charge is -2.49. The lowest BCUT2D eigenvalue weighted by molar-refractivity contribution is -0.150. The maximum absolute atomic E-state index is 13.1. The summed E-state index contributed by atoms with van der Waals surface area (Å²) in [5, 5.41) is 26.9. The Morgan fingerprint density at radius 2 is 2.12 bits per heavy atom. The number of rotatable bonds is 13. The Morgan fingerprint density at radius 1 is 1.33 bits per heavy atom. The Kier molecular flexibility index (Phi) is 11.0. The summed E-state index contributed by atoms with van der Waals surface area (Å²) < 4.78 is 0.0352. The molecule has 4 heterocycles. The minimum absolute atomic E-state index is 0.0352. The van der Waals surface area contributed by atoms with Crippen LogP contribution in [-0.2, 0) is 24.9 Å². The van der Waals surface area contributed by atoms with Gasteiger partial charge in [0.2, 0.25) is 5.91 Å². The summed E-state index contributed by atoms with van der Waals surface area (Å²) in [5.41, 5.74) is 10.9. The first-order valence-corrected chi connectivity index (χ1v) is 16.4. The summed E-state index contributed by atoms with van der Waals surface area (Å²) in [6, 6.07) is 2.57. The Balaban J connectivity index is 1.39. The van der Waals surface area contributed by atoms with Gasteiger partial charge in [0, 0.05) is 34.0 Å². The van der Waals surface area contributed by atoms with Crippen LogP contribution in [0.2, 0.25) is 4.34 Å². The molecule has 0 spiro atoms. The molecular weight excluding hydrogens is 648 g/mol. The van der Waals surface area contributed by atoms with Crippen molar-refractivity contribution < 1.29 is 29.5 Å². The van der Waals surface area contributed by atoms with E-state index in [1.54, 1.807) is 24.0 Å². The molecule has 8 N–H and O–H groups in total. The van der Waals surface area contributed by atoms with Crippen molar-refractivity contribution in [3.63, 3.8) is 0 Å². The van der Waals surface area contributed by atoms with Crippen LogP contribution in [0.3, 0.4) is 0 Å². The number of thiazole rings is 1. The summed E-state index contributed by atoms with van der Waals surface area (Å²) in [5.74, 6) is -1.27. The number of fused-ring (bicyclic) bond motifs is 1. The standard InChI is InChI=1S/C23H25ClN8O6S4/c24-18-14(30-23(26)42-18)15(31-38)19(34)29-16-20(35)32-17(22(36)37)12(9-40-21(16)32)41-11-2-4-27-10(6-11)8-39-5-1-3-28-13(33)7-25/h2,4,6,16,21,38H,1,3,5,7-9,25H2,(H2,26,30)(H,28,33)(H,29,34)(H,36,37)/b31-15-/t16-,21-/m1/s1. The van der Waals surface area contributed by atoms with Crippen molar-refractivity contribution in [2.75, 3.05) is 30.3 Å². The number of carbonyl (C=O) groups is 4.